The molecule has 6 nitrogen and oxygen atoms in total. The Morgan fingerprint density at radius 1 is 1.03 bits per heavy atom. The minimum absolute atomic E-state index is 0.00438. The molecular weight excluding hydrogens is 431 g/mol. The molecule has 5 rings (SSSR count). The summed E-state index contributed by atoms with van der Waals surface area (Å²) >= 11 is 0. The molecule has 0 aromatic rings. The number of fused-ring (bicyclic) bond motifs is 1. The van der Waals surface area contributed by atoms with Gasteiger partial charge in [0.2, 0.25) is 5.91 Å². The molecule has 0 aromatic heterocycles. The van der Waals surface area contributed by atoms with Crippen LogP contribution in [0.25, 0.3) is 0 Å². The number of nitrogens with zero attached hydrogens (tertiary/aromatic N) is 2. The highest BCUT2D eigenvalue weighted by Gasteiger charge is 2.47. The smallest absolute Gasteiger partial charge is 0.237 e. The third-order valence-corrected chi connectivity index (χ3v) is 10.3. The molecule has 7 atom stereocenters. The van der Waals surface area contributed by atoms with E-state index in [9.17, 15) is 14.3 Å². The van der Waals surface area contributed by atoms with Crippen LogP contribution in [0.3, 0.4) is 0 Å². The van der Waals surface area contributed by atoms with Crippen LogP contribution in [0.1, 0.15) is 77.6 Å². The zero-order valence-electron chi connectivity index (χ0n) is 21.4. The fourth-order valence-corrected chi connectivity index (χ4v) is 7.96. The van der Waals surface area contributed by atoms with Gasteiger partial charge < -0.3 is 25.5 Å². The van der Waals surface area contributed by atoms with Gasteiger partial charge in [-0.3, -0.25) is 4.79 Å². The van der Waals surface area contributed by atoms with Crippen LogP contribution in [0.15, 0.2) is 0 Å². The van der Waals surface area contributed by atoms with E-state index >= 15 is 0 Å². The molecule has 5 aliphatic rings. The minimum Gasteiger partial charge on any atom is -0.390 e. The summed E-state index contributed by atoms with van der Waals surface area (Å²) in [5, 5.41) is 18.2. The monoisotopic (exact) mass is 478 g/mol. The van der Waals surface area contributed by atoms with Crippen LogP contribution in [-0.2, 0) is 4.79 Å². The molecular formula is C27H47FN4O2. The Bertz CT molecular complexity index is 689. The average molecular weight is 479 g/mol. The first kappa shape index (κ1) is 24.9. The lowest BCUT2D eigenvalue weighted by Gasteiger charge is -2.48. The Morgan fingerprint density at radius 2 is 1.76 bits per heavy atom. The number of aliphatic hydroxyl groups is 1. The summed E-state index contributed by atoms with van der Waals surface area (Å²) in [6, 6.07) is 0.614. The molecule has 5 fully saturated rings. The van der Waals surface area contributed by atoms with Gasteiger partial charge in [-0.25, -0.2) is 4.39 Å². The first-order chi connectivity index (χ1) is 16.3. The molecule has 0 radical (unpaired) electrons. The van der Waals surface area contributed by atoms with Crippen molar-refractivity contribution in [2.75, 3.05) is 33.2 Å². The van der Waals surface area contributed by atoms with E-state index in [2.05, 4.69) is 34.4 Å². The lowest BCUT2D eigenvalue weighted by molar-refractivity contribution is -0.124. The van der Waals surface area contributed by atoms with Gasteiger partial charge in [-0.2, -0.15) is 0 Å². The molecule has 34 heavy (non-hydrogen) atoms. The standard InChI is InChI=1S/C27H47FN4O2/c1-18-6-7-23(28)22-17-24(30-25(18)22)26(33)29-20-4-3-5-21(16-20)32-14-10-27(34,11-15-32)19-8-12-31(2)13-9-19/h18-25,30,34H,3-17H2,1-2H3,(H,29,33). The van der Waals surface area contributed by atoms with Crippen LogP contribution in [0.5, 0.6) is 0 Å². The van der Waals surface area contributed by atoms with Crippen LogP contribution in [0.2, 0.25) is 0 Å². The van der Waals surface area contributed by atoms with Gasteiger partial charge in [-0.05, 0) is 103 Å². The zero-order chi connectivity index (χ0) is 23.9. The van der Waals surface area contributed by atoms with Crippen molar-refractivity contribution in [2.45, 2.75) is 113 Å². The summed E-state index contributed by atoms with van der Waals surface area (Å²) in [4.78, 5) is 18.0. The Labute approximate surface area is 205 Å². The van der Waals surface area contributed by atoms with Gasteiger partial charge in [0.25, 0.3) is 0 Å². The first-order valence-corrected chi connectivity index (χ1v) is 14.2. The second-order valence-electron chi connectivity index (χ2n) is 12.5. The number of hydrogen-bond donors (Lipinski definition) is 3. The van der Waals surface area contributed by atoms with E-state index in [-0.39, 0.29) is 30.0 Å². The number of nitrogens with one attached hydrogen (secondary N) is 2. The molecule has 0 bridgehead atoms. The molecule has 3 N–H and O–H groups in total. The van der Waals surface area contributed by atoms with E-state index in [4.69, 9.17) is 0 Å². The fourth-order valence-electron chi connectivity index (χ4n) is 7.96. The molecule has 0 aromatic carbocycles. The molecule has 3 heterocycles. The van der Waals surface area contributed by atoms with Crippen molar-refractivity contribution in [2.24, 2.45) is 17.8 Å². The zero-order valence-corrected chi connectivity index (χ0v) is 21.4. The van der Waals surface area contributed by atoms with Crippen molar-refractivity contribution in [3.63, 3.8) is 0 Å². The molecule has 0 spiro atoms. The largest absolute Gasteiger partial charge is 0.390 e. The van der Waals surface area contributed by atoms with Gasteiger partial charge in [0.15, 0.2) is 0 Å². The fraction of sp³-hybridized carbons (Fsp3) is 0.963. The SMILES string of the molecule is CC1CCC(F)C2CC(C(=O)NC3CCCC(N4CCC(O)(C5CCN(C)CC5)CC4)C3)NC12. The molecule has 2 aliphatic carbocycles. The van der Waals surface area contributed by atoms with E-state index in [1.807, 2.05) is 0 Å². The number of likely N-dealkylation sites (tertiary alicyclic amines) is 2. The second kappa shape index (κ2) is 10.3. The van der Waals surface area contributed by atoms with Crippen molar-refractivity contribution >= 4 is 5.91 Å². The Balaban J connectivity index is 1.10. The molecule has 7 heteroatoms. The molecule has 3 saturated heterocycles. The summed E-state index contributed by atoms with van der Waals surface area (Å²) in [6.45, 7) is 6.33. The van der Waals surface area contributed by atoms with Gasteiger partial charge >= 0.3 is 0 Å². The molecule has 2 saturated carbocycles. The van der Waals surface area contributed by atoms with E-state index in [0.29, 0.717) is 30.7 Å². The lowest BCUT2D eigenvalue weighted by Crippen LogP contribution is -2.55. The molecule has 7 unspecified atom stereocenters. The van der Waals surface area contributed by atoms with Crippen molar-refractivity contribution in [1.29, 1.82) is 0 Å². The van der Waals surface area contributed by atoms with Crippen LogP contribution < -0.4 is 10.6 Å². The second-order valence-corrected chi connectivity index (χ2v) is 12.5. The molecule has 1 amide bonds. The van der Waals surface area contributed by atoms with Crippen LogP contribution >= 0.6 is 0 Å². The quantitative estimate of drug-likeness (QED) is 0.580. The number of carbonyl (C=O) groups excluding carboxylic acids is 1. The summed E-state index contributed by atoms with van der Waals surface area (Å²) < 4.78 is 14.5. The Morgan fingerprint density at radius 3 is 2.47 bits per heavy atom. The van der Waals surface area contributed by atoms with Crippen LogP contribution in [0.4, 0.5) is 4.39 Å². The van der Waals surface area contributed by atoms with Gasteiger partial charge in [0, 0.05) is 37.1 Å². The molecule has 3 aliphatic heterocycles. The highest BCUT2D eigenvalue weighted by molar-refractivity contribution is 5.82. The maximum atomic E-state index is 14.5. The van der Waals surface area contributed by atoms with Crippen LogP contribution in [-0.4, -0.2) is 90.0 Å². The number of hydrogen-bond acceptors (Lipinski definition) is 5. The molecule has 194 valence electrons. The van der Waals surface area contributed by atoms with Gasteiger partial charge in [0.1, 0.15) is 6.17 Å². The van der Waals surface area contributed by atoms with Gasteiger partial charge in [-0.1, -0.05) is 6.92 Å². The van der Waals surface area contributed by atoms with E-state index in [1.165, 1.54) is 6.42 Å². The topological polar surface area (TPSA) is 67.8 Å². The third-order valence-electron chi connectivity index (χ3n) is 10.3. The van der Waals surface area contributed by atoms with E-state index < -0.39 is 11.8 Å². The summed E-state index contributed by atoms with van der Waals surface area (Å²) in [5.74, 6) is 0.963. The lowest BCUT2D eigenvalue weighted by atomic mass is 9.74. The maximum Gasteiger partial charge on any atom is 0.237 e. The summed E-state index contributed by atoms with van der Waals surface area (Å²) in [7, 11) is 2.18. The predicted molar refractivity (Wildman–Crippen MR) is 132 cm³/mol. The normalized spacial score (nSPS) is 42.3. The summed E-state index contributed by atoms with van der Waals surface area (Å²) in [6.07, 6.45) is 9.78. The van der Waals surface area contributed by atoms with Gasteiger partial charge in [0.05, 0.1) is 11.6 Å². The maximum absolute atomic E-state index is 14.5. The number of alkyl halides is 1. The third kappa shape index (κ3) is 5.18. The number of rotatable bonds is 4. The first-order valence-electron chi connectivity index (χ1n) is 14.2. The highest BCUT2D eigenvalue weighted by Crippen LogP contribution is 2.40. The van der Waals surface area contributed by atoms with Crippen molar-refractivity contribution in [1.82, 2.24) is 20.4 Å². The van der Waals surface area contributed by atoms with Crippen molar-refractivity contribution < 1.29 is 14.3 Å². The number of amides is 1. The number of piperidine rings is 2. The summed E-state index contributed by atoms with van der Waals surface area (Å²) in [5.41, 5.74) is -0.490. The Kier molecular flexibility index (Phi) is 7.56. The minimum atomic E-state index is -0.766. The van der Waals surface area contributed by atoms with Crippen molar-refractivity contribution in [3.8, 4) is 0 Å². The predicted octanol–water partition coefficient (Wildman–Crippen LogP) is 2.70. The van der Waals surface area contributed by atoms with E-state index in [0.717, 1.165) is 77.5 Å². The highest BCUT2D eigenvalue weighted by atomic mass is 19.1. The van der Waals surface area contributed by atoms with Crippen molar-refractivity contribution in [3.05, 3.63) is 0 Å². The Hall–Kier alpha value is -0.760. The van der Waals surface area contributed by atoms with Gasteiger partial charge in [-0.15, -0.1) is 0 Å². The number of carbonyl (C=O) groups is 1. The average Bonchev–Trinajstić information content (AvgIpc) is 3.30. The van der Waals surface area contributed by atoms with Crippen LogP contribution in [0, 0.1) is 17.8 Å². The number of halogens is 1. The van der Waals surface area contributed by atoms with E-state index in [1.54, 1.807) is 0 Å².